The Balaban J connectivity index is 1.88. The molecule has 3 rings (SSSR count). The smallest absolute Gasteiger partial charge is 0.415 e. The van der Waals surface area contributed by atoms with E-state index >= 15 is 0 Å². The summed E-state index contributed by atoms with van der Waals surface area (Å²) in [4.78, 5) is 14.5. The maximum Gasteiger partial charge on any atom is 0.415 e. The van der Waals surface area contributed by atoms with Gasteiger partial charge in [-0.1, -0.05) is 31.4 Å². The Labute approximate surface area is 168 Å². The molecule has 0 unspecified atom stereocenters. The summed E-state index contributed by atoms with van der Waals surface area (Å²) >= 11 is 0. The summed E-state index contributed by atoms with van der Waals surface area (Å²) in [5.74, 6) is 0.892. The molecule has 1 atom stereocenters. The highest BCUT2D eigenvalue weighted by Crippen LogP contribution is 2.42. The molecule has 2 aliphatic rings. The Kier molecular flexibility index (Phi) is 7.37. The minimum absolute atomic E-state index is 0.101. The second-order valence-corrected chi connectivity index (χ2v) is 8.10. The number of phenolic OH excluding ortho intramolecular Hbond substituents is 1. The molecule has 1 aromatic rings. The number of hydrogen-bond acceptors (Lipinski definition) is 4. The molecular formula is C23H34N2O3. The van der Waals surface area contributed by atoms with Crippen molar-refractivity contribution in [3.63, 3.8) is 0 Å². The third-order valence-corrected chi connectivity index (χ3v) is 5.76. The number of unbranched alkanes of at least 4 members (excludes halogenated alkanes) is 2. The van der Waals surface area contributed by atoms with E-state index in [1.165, 1.54) is 5.57 Å². The molecule has 1 aliphatic heterocycles. The summed E-state index contributed by atoms with van der Waals surface area (Å²) in [6, 6.07) is 3.84. The number of nitrogens with one attached hydrogen (secondary N) is 1. The average Bonchev–Trinajstić information content (AvgIpc) is 2.68. The molecule has 1 amide bonds. The SMILES string of the molecule is CCCCCc1cc(O)c([C@@H]2C=C(C)CCC2)c(OC(=O)N2CCNCC2)c1. The zero-order valence-corrected chi connectivity index (χ0v) is 17.3. The van der Waals surface area contributed by atoms with Gasteiger partial charge >= 0.3 is 6.09 Å². The van der Waals surface area contributed by atoms with E-state index in [2.05, 4.69) is 25.2 Å². The van der Waals surface area contributed by atoms with Crippen LogP contribution in [0.5, 0.6) is 11.5 Å². The quantitative estimate of drug-likeness (QED) is 0.547. The van der Waals surface area contributed by atoms with Gasteiger partial charge in [0.05, 0.1) is 0 Å². The number of aryl methyl sites for hydroxylation is 1. The van der Waals surface area contributed by atoms with Crippen LogP contribution in [0, 0.1) is 0 Å². The van der Waals surface area contributed by atoms with Crippen molar-refractivity contribution < 1.29 is 14.6 Å². The molecule has 0 spiro atoms. The van der Waals surface area contributed by atoms with Gasteiger partial charge in [-0.05, 0) is 56.7 Å². The molecule has 2 N–H and O–H groups in total. The van der Waals surface area contributed by atoms with Gasteiger partial charge in [0.2, 0.25) is 0 Å². The first-order chi connectivity index (χ1) is 13.6. The molecule has 1 aliphatic carbocycles. The van der Waals surface area contributed by atoms with Crippen molar-refractivity contribution in [2.45, 2.75) is 64.7 Å². The highest BCUT2D eigenvalue weighted by atomic mass is 16.6. The molecule has 1 aromatic carbocycles. The zero-order valence-electron chi connectivity index (χ0n) is 17.3. The Morgan fingerprint density at radius 2 is 2.07 bits per heavy atom. The Bertz CT molecular complexity index is 708. The van der Waals surface area contributed by atoms with Crippen molar-refractivity contribution in [1.29, 1.82) is 0 Å². The minimum Gasteiger partial charge on any atom is -0.507 e. The van der Waals surface area contributed by atoms with Crippen molar-refractivity contribution in [3.05, 3.63) is 34.9 Å². The van der Waals surface area contributed by atoms with Gasteiger partial charge in [-0.2, -0.15) is 0 Å². The molecule has 0 bridgehead atoms. The summed E-state index contributed by atoms with van der Waals surface area (Å²) in [5.41, 5.74) is 3.14. The normalized spacial score (nSPS) is 20.0. The molecular weight excluding hydrogens is 352 g/mol. The van der Waals surface area contributed by atoms with E-state index in [0.29, 0.717) is 18.8 Å². The number of aromatic hydroxyl groups is 1. The van der Waals surface area contributed by atoms with Crippen molar-refractivity contribution in [2.24, 2.45) is 0 Å². The van der Waals surface area contributed by atoms with E-state index < -0.39 is 0 Å². The largest absolute Gasteiger partial charge is 0.507 e. The number of benzene rings is 1. The number of allylic oxidation sites excluding steroid dienone is 2. The fourth-order valence-corrected chi connectivity index (χ4v) is 4.19. The zero-order chi connectivity index (χ0) is 19.9. The Morgan fingerprint density at radius 1 is 1.29 bits per heavy atom. The summed E-state index contributed by atoms with van der Waals surface area (Å²) in [6.07, 6.45) is 9.34. The molecule has 154 valence electrons. The van der Waals surface area contributed by atoms with Gasteiger partial charge in [0, 0.05) is 37.7 Å². The van der Waals surface area contributed by atoms with Crippen LogP contribution < -0.4 is 10.1 Å². The molecule has 0 saturated carbocycles. The fourth-order valence-electron chi connectivity index (χ4n) is 4.19. The van der Waals surface area contributed by atoms with Crippen LogP contribution in [0.1, 0.15) is 69.4 Å². The lowest BCUT2D eigenvalue weighted by Gasteiger charge is -2.28. The molecule has 28 heavy (non-hydrogen) atoms. The highest BCUT2D eigenvalue weighted by Gasteiger charge is 2.25. The maximum absolute atomic E-state index is 12.7. The molecule has 0 radical (unpaired) electrons. The highest BCUT2D eigenvalue weighted by molar-refractivity contribution is 5.72. The van der Waals surface area contributed by atoms with Crippen LogP contribution in [-0.4, -0.2) is 42.3 Å². The first kappa shape index (κ1) is 20.7. The van der Waals surface area contributed by atoms with E-state index in [9.17, 15) is 9.90 Å². The first-order valence-electron chi connectivity index (χ1n) is 10.8. The van der Waals surface area contributed by atoms with Crippen molar-refractivity contribution in [2.75, 3.05) is 26.2 Å². The number of nitrogens with zero attached hydrogens (tertiary/aromatic N) is 1. The van der Waals surface area contributed by atoms with Gasteiger partial charge in [-0.3, -0.25) is 0 Å². The lowest BCUT2D eigenvalue weighted by Crippen LogP contribution is -2.47. The standard InChI is InChI=1S/C23H34N2O3/c1-3-4-5-8-18-15-20(26)22(19-9-6-7-17(2)14-19)21(16-18)28-23(27)25-12-10-24-11-13-25/h14-16,19,24,26H,3-13H2,1-2H3/t19-/m0/s1. The predicted molar refractivity (Wildman–Crippen MR) is 112 cm³/mol. The minimum atomic E-state index is -0.315. The van der Waals surface area contributed by atoms with Gasteiger partial charge in [0.25, 0.3) is 0 Å². The lowest BCUT2D eigenvalue weighted by atomic mass is 9.84. The Hall–Kier alpha value is -2.01. The monoisotopic (exact) mass is 386 g/mol. The van der Waals surface area contributed by atoms with Gasteiger partial charge in [-0.15, -0.1) is 0 Å². The van der Waals surface area contributed by atoms with E-state index in [-0.39, 0.29) is 17.8 Å². The molecule has 1 saturated heterocycles. The van der Waals surface area contributed by atoms with Crippen LogP contribution in [0.2, 0.25) is 0 Å². The summed E-state index contributed by atoms with van der Waals surface area (Å²) in [6.45, 7) is 7.19. The number of ether oxygens (including phenoxy) is 1. The van der Waals surface area contributed by atoms with Gasteiger partial charge in [0.15, 0.2) is 0 Å². The second kappa shape index (κ2) is 9.97. The molecule has 0 aromatic heterocycles. The summed E-state index contributed by atoms with van der Waals surface area (Å²) in [7, 11) is 0. The maximum atomic E-state index is 12.7. The first-order valence-corrected chi connectivity index (χ1v) is 10.8. The van der Waals surface area contributed by atoms with Crippen LogP contribution in [0.15, 0.2) is 23.8 Å². The topological polar surface area (TPSA) is 61.8 Å². The van der Waals surface area contributed by atoms with Crippen molar-refractivity contribution in [3.8, 4) is 11.5 Å². The van der Waals surface area contributed by atoms with Crippen molar-refractivity contribution >= 4 is 6.09 Å². The Morgan fingerprint density at radius 3 is 2.79 bits per heavy atom. The van der Waals surface area contributed by atoms with Crippen LogP contribution in [0.3, 0.4) is 0 Å². The molecule has 5 nitrogen and oxygen atoms in total. The lowest BCUT2D eigenvalue weighted by molar-refractivity contribution is 0.145. The number of rotatable bonds is 6. The van der Waals surface area contributed by atoms with E-state index in [1.54, 1.807) is 4.90 Å². The number of amides is 1. The molecule has 1 heterocycles. The average molecular weight is 387 g/mol. The van der Waals surface area contributed by atoms with E-state index in [0.717, 1.165) is 69.2 Å². The third kappa shape index (κ3) is 5.28. The van der Waals surface area contributed by atoms with Crippen LogP contribution in [0.25, 0.3) is 0 Å². The van der Waals surface area contributed by atoms with E-state index in [4.69, 9.17) is 4.74 Å². The van der Waals surface area contributed by atoms with Crippen LogP contribution in [0.4, 0.5) is 4.79 Å². The summed E-state index contributed by atoms with van der Waals surface area (Å²) in [5, 5.41) is 14.1. The fraction of sp³-hybridized carbons (Fsp3) is 0.609. The third-order valence-electron chi connectivity index (χ3n) is 5.76. The van der Waals surface area contributed by atoms with Gasteiger partial charge in [-0.25, -0.2) is 4.79 Å². The number of phenols is 1. The number of carbonyl (C=O) groups is 1. The summed E-state index contributed by atoms with van der Waals surface area (Å²) < 4.78 is 5.87. The predicted octanol–water partition coefficient (Wildman–Crippen LogP) is 4.74. The van der Waals surface area contributed by atoms with Gasteiger partial charge in [0.1, 0.15) is 11.5 Å². The van der Waals surface area contributed by atoms with Crippen molar-refractivity contribution in [1.82, 2.24) is 10.2 Å². The number of carbonyl (C=O) groups excluding carboxylic acids is 1. The van der Waals surface area contributed by atoms with Crippen LogP contribution >= 0.6 is 0 Å². The number of hydrogen-bond donors (Lipinski definition) is 2. The second-order valence-electron chi connectivity index (χ2n) is 8.10. The van der Waals surface area contributed by atoms with Crippen LogP contribution in [-0.2, 0) is 6.42 Å². The molecule has 1 fully saturated rings. The number of piperazine rings is 1. The van der Waals surface area contributed by atoms with Gasteiger partial charge < -0.3 is 20.1 Å². The van der Waals surface area contributed by atoms with E-state index in [1.807, 2.05) is 12.1 Å². The molecule has 5 heteroatoms.